The van der Waals surface area contributed by atoms with E-state index in [1.54, 1.807) is 0 Å². The maximum atomic E-state index is 13.7. The molecule has 0 aromatic heterocycles. The quantitative estimate of drug-likeness (QED) is 0.884. The Morgan fingerprint density at radius 1 is 1.16 bits per heavy atom. The van der Waals surface area contributed by atoms with Crippen LogP contribution in [0.4, 0.5) is 0 Å². The van der Waals surface area contributed by atoms with Crippen LogP contribution in [0.3, 0.4) is 0 Å². The van der Waals surface area contributed by atoms with Gasteiger partial charge in [0.1, 0.15) is 0 Å². The Hall–Kier alpha value is -1.88. The van der Waals surface area contributed by atoms with Gasteiger partial charge in [0.15, 0.2) is 0 Å². The van der Waals surface area contributed by atoms with Gasteiger partial charge in [0.2, 0.25) is 11.8 Å². The van der Waals surface area contributed by atoms with E-state index in [-0.39, 0.29) is 23.8 Å². The summed E-state index contributed by atoms with van der Waals surface area (Å²) in [6, 6.07) is 10.6. The lowest BCUT2D eigenvalue weighted by molar-refractivity contribution is -0.141. The maximum absolute atomic E-state index is 13.7. The molecule has 1 aromatic rings. The van der Waals surface area contributed by atoms with Gasteiger partial charge >= 0.3 is 0 Å². The maximum Gasteiger partial charge on any atom is 0.233 e. The van der Waals surface area contributed by atoms with E-state index in [0.717, 1.165) is 44.5 Å². The molecule has 5 heteroatoms. The fourth-order valence-corrected chi connectivity index (χ4v) is 4.80. The van der Waals surface area contributed by atoms with Crippen molar-refractivity contribution in [2.45, 2.75) is 37.1 Å². The summed E-state index contributed by atoms with van der Waals surface area (Å²) in [5, 5.41) is 3.06. The number of likely N-dealkylation sites (tertiary alicyclic amines) is 2. The predicted molar refractivity (Wildman–Crippen MR) is 96.1 cm³/mol. The molecule has 3 heterocycles. The van der Waals surface area contributed by atoms with Crippen molar-refractivity contribution < 1.29 is 9.59 Å². The Labute approximate surface area is 149 Å². The van der Waals surface area contributed by atoms with Crippen molar-refractivity contribution in [3.05, 3.63) is 35.9 Å². The second-order valence-electron chi connectivity index (χ2n) is 7.93. The molecule has 0 bridgehead atoms. The van der Waals surface area contributed by atoms with Crippen LogP contribution < -0.4 is 5.32 Å². The molecule has 3 aliphatic heterocycles. The summed E-state index contributed by atoms with van der Waals surface area (Å²) in [6.07, 6.45) is 3.19. The first kappa shape index (κ1) is 16.6. The zero-order valence-corrected chi connectivity index (χ0v) is 14.9. The van der Waals surface area contributed by atoms with Crippen molar-refractivity contribution in [3.63, 3.8) is 0 Å². The van der Waals surface area contributed by atoms with Gasteiger partial charge in [-0.2, -0.15) is 0 Å². The van der Waals surface area contributed by atoms with Crippen LogP contribution in [0.2, 0.25) is 0 Å². The Morgan fingerprint density at radius 2 is 1.88 bits per heavy atom. The number of carbonyl (C=O) groups is 2. The third-order valence-electron chi connectivity index (χ3n) is 6.39. The molecule has 0 aliphatic carbocycles. The monoisotopic (exact) mass is 341 g/mol. The van der Waals surface area contributed by atoms with Gasteiger partial charge in [0.05, 0.1) is 5.41 Å². The van der Waals surface area contributed by atoms with E-state index in [1.807, 2.05) is 23.1 Å². The Kier molecular flexibility index (Phi) is 4.28. The van der Waals surface area contributed by atoms with Gasteiger partial charge in [0.25, 0.3) is 0 Å². The van der Waals surface area contributed by atoms with Gasteiger partial charge in [0, 0.05) is 31.5 Å². The van der Waals surface area contributed by atoms with Crippen LogP contribution in [0.25, 0.3) is 0 Å². The molecule has 1 N–H and O–H groups in total. The minimum Gasteiger partial charge on any atom is -0.353 e. The first-order valence-corrected chi connectivity index (χ1v) is 9.41. The molecule has 0 saturated carbocycles. The van der Waals surface area contributed by atoms with Crippen LogP contribution in [0, 0.1) is 5.92 Å². The topological polar surface area (TPSA) is 52.7 Å². The number of piperidine rings is 2. The summed E-state index contributed by atoms with van der Waals surface area (Å²) in [7, 11) is 2.13. The molecule has 2 amide bonds. The van der Waals surface area contributed by atoms with Gasteiger partial charge in [-0.1, -0.05) is 30.3 Å². The standard InChI is InChI=1S/C20H27N3O2/c1-22-11-8-20(9-12-22,16-5-3-2-4-6-16)19(25)23-10-7-17-15(14-23)13-18(24)21-17/h2-6,15,17H,7-14H2,1H3,(H,21,24)/t15-,17+/m1/s1. The third-order valence-corrected chi connectivity index (χ3v) is 6.39. The lowest BCUT2D eigenvalue weighted by atomic mass is 9.71. The van der Waals surface area contributed by atoms with Crippen LogP contribution in [-0.4, -0.2) is 60.9 Å². The molecule has 134 valence electrons. The van der Waals surface area contributed by atoms with Crippen molar-refractivity contribution in [2.75, 3.05) is 33.2 Å². The number of amides is 2. The van der Waals surface area contributed by atoms with Crippen LogP contribution >= 0.6 is 0 Å². The fourth-order valence-electron chi connectivity index (χ4n) is 4.80. The van der Waals surface area contributed by atoms with Gasteiger partial charge in [-0.25, -0.2) is 0 Å². The van der Waals surface area contributed by atoms with E-state index in [9.17, 15) is 9.59 Å². The summed E-state index contributed by atoms with van der Waals surface area (Å²) < 4.78 is 0. The minimum atomic E-state index is -0.406. The number of hydrogen-bond donors (Lipinski definition) is 1. The summed E-state index contributed by atoms with van der Waals surface area (Å²) in [5.74, 6) is 0.690. The van der Waals surface area contributed by atoms with Gasteiger partial charge < -0.3 is 15.1 Å². The molecule has 25 heavy (non-hydrogen) atoms. The smallest absolute Gasteiger partial charge is 0.233 e. The third kappa shape index (κ3) is 2.95. The Bertz CT molecular complexity index is 652. The zero-order valence-electron chi connectivity index (χ0n) is 14.9. The molecule has 4 rings (SSSR count). The van der Waals surface area contributed by atoms with Gasteiger partial charge in [-0.05, 0) is 45.0 Å². The van der Waals surface area contributed by atoms with E-state index < -0.39 is 5.41 Å². The van der Waals surface area contributed by atoms with E-state index in [2.05, 4.69) is 29.4 Å². The molecule has 3 fully saturated rings. The first-order chi connectivity index (χ1) is 12.1. The normalized spacial score (nSPS) is 29.2. The first-order valence-electron chi connectivity index (χ1n) is 9.41. The van der Waals surface area contributed by atoms with Crippen molar-refractivity contribution >= 4 is 11.8 Å². The summed E-state index contributed by atoms with van der Waals surface area (Å²) in [4.78, 5) is 29.7. The van der Waals surface area contributed by atoms with Gasteiger partial charge in [-0.15, -0.1) is 0 Å². The van der Waals surface area contributed by atoms with Gasteiger partial charge in [-0.3, -0.25) is 9.59 Å². The zero-order chi connectivity index (χ0) is 17.4. The number of hydrogen-bond acceptors (Lipinski definition) is 3. The Morgan fingerprint density at radius 3 is 2.60 bits per heavy atom. The highest BCUT2D eigenvalue weighted by molar-refractivity contribution is 5.89. The number of benzene rings is 1. The molecule has 3 aliphatic rings. The van der Waals surface area contributed by atoms with Crippen LogP contribution in [-0.2, 0) is 15.0 Å². The largest absolute Gasteiger partial charge is 0.353 e. The van der Waals surface area contributed by atoms with Crippen molar-refractivity contribution in [2.24, 2.45) is 5.92 Å². The van der Waals surface area contributed by atoms with E-state index in [0.29, 0.717) is 13.0 Å². The van der Waals surface area contributed by atoms with Crippen LogP contribution in [0.5, 0.6) is 0 Å². The second kappa shape index (κ2) is 6.45. The number of nitrogens with one attached hydrogen (secondary N) is 1. The van der Waals surface area contributed by atoms with Crippen molar-refractivity contribution in [1.29, 1.82) is 0 Å². The summed E-state index contributed by atoms with van der Waals surface area (Å²) in [5.41, 5.74) is 0.743. The summed E-state index contributed by atoms with van der Waals surface area (Å²) >= 11 is 0. The average molecular weight is 341 g/mol. The molecular formula is C20H27N3O2. The highest BCUT2D eigenvalue weighted by atomic mass is 16.2. The molecule has 5 nitrogen and oxygen atoms in total. The van der Waals surface area contributed by atoms with Crippen molar-refractivity contribution in [3.8, 4) is 0 Å². The SMILES string of the molecule is CN1CCC(C(=O)N2CC[C@@H]3NC(=O)C[C@@H]3C2)(c2ccccc2)CC1. The lowest BCUT2D eigenvalue weighted by Gasteiger charge is -2.45. The van der Waals surface area contributed by atoms with Crippen LogP contribution in [0.1, 0.15) is 31.2 Å². The van der Waals surface area contributed by atoms with Crippen molar-refractivity contribution in [1.82, 2.24) is 15.1 Å². The minimum absolute atomic E-state index is 0.140. The molecule has 2 atom stereocenters. The predicted octanol–water partition coefficient (Wildman–Crippen LogP) is 1.39. The van der Waals surface area contributed by atoms with E-state index >= 15 is 0 Å². The molecule has 3 saturated heterocycles. The van der Waals surface area contributed by atoms with E-state index in [1.165, 1.54) is 0 Å². The number of nitrogens with zero attached hydrogens (tertiary/aromatic N) is 2. The summed E-state index contributed by atoms with van der Waals surface area (Å²) in [6.45, 7) is 3.36. The molecule has 0 unspecified atom stereocenters. The molecular weight excluding hydrogens is 314 g/mol. The molecule has 1 aromatic carbocycles. The second-order valence-corrected chi connectivity index (χ2v) is 7.93. The number of carbonyl (C=O) groups excluding carboxylic acids is 2. The average Bonchev–Trinajstić information content (AvgIpc) is 3.02. The highest BCUT2D eigenvalue weighted by Gasteiger charge is 2.47. The van der Waals surface area contributed by atoms with E-state index in [4.69, 9.17) is 0 Å². The molecule has 0 radical (unpaired) electrons. The highest BCUT2D eigenvalue weighted by Crippen LogP contribution is 2.38. The number of fused-ring (bicyclic) bond motifs is 1. The number of rotatable bonds is 2. The van der Waals surface area contributed by atoms with Crippen LogP contribution in [0.15, 0.2) is 30.3 Å². The Balaban J connectivity index is 1.59. The fraction of sp³-hybridized carbons (Fsp3) is 0.600. The molecule has 0 spiro atoms. The lowest BCUT2D eigenvalue weighted by Crippen LogP contribution is -2.56.